The molecule has 0 radical (unpaired) electrons. The molecule has 0 aliphatic heterocycles. The zero-order valence-corrected chi connectivity index (χ0v) is 10.8. The largest absolute Gasteiger partial charge is 0.478 e. The lowest BCUT2D eigenvalue weighted by atomic mass is 10.2. The molecule has 6 heteroatoms. The Morgan fingerprint density at radius 2 is 2.17 bits per heavy atom. The molecular weight excluding hydrogens is 254 g/mol. The van der Waals surface area contributed by atoms with Gasteiger partial charge in [0.1, 0.15) is 0 Å². The van der Waals surface area contributed by atoms with Gasteiger partial charge in [0.05, 0.1) is 5.75 Å². The van der Waals surface area contributed by atoms with Crippen molar-refractivity contribution in [1.29, 1.82) is 0 Å². The van der Waals surface area contributed by atoms with Crippen LogP contribution in [0.3, 0.4) is 0 Å². The number of hydrogen-bond donors (Lipinski definition) is 2. The maximum atomic E-state index is 11.6. The smallest absolute Gasteiger partial charge is 0.328 e. The molecule has 0 saturated heterocycles. The summed E-state index contributed by atoms with van der Waals surface area (Å²) >= 11 is 0. The van der Waals surface area contributed by atoms with Gasteiger partial charge in [0.2, 0.25) is 10.0 Å². The van der Waals surface area contributed by atoms with E-state index < -0.39 is 16.0 Å². The number of carbonyl (C=O) groups is 1. The molecule has 0 saturated carbocycles. The maximum Gasteiger partial charge on any atom is 0.328 e. The SMILES string of the molecule is CCCS(=O)(=O)Nc1cccc(C=CC(=O)O)c1. The molecule has 98 valence electrons. The molecule has 0 aliphatic carbocycles. The van der Waals surface area contributed by atoms with Crippen molar-refractivity contribution in [3.63, 3.8) is 0 Å². The lowest BCUT2D eigenvalue weighted by Gasteiger charge is -2.07. The van der Waals surface area contributed by atoms with Crippen molar-refractivity contribution < 1.29 is 18.3 Å². The van der Waals surface area contributed by atoms with Crippen molar-refractivity contribution in [2.45, 2.75) is 13.3 Å². The molecule has 0 atom stereocenters. The van der Waals surface area contributed by atoms with Gasteiger partial charge < -0.3 is 5.11 Å². The summed E-state index contributed by atoms with van der Waals surface area (Å²) < 4.78 is 25.5. The van der Waals surface area contributed by atoms with Crippen molar-refractivity contribution >= 4 is 27.8 Å². The Hall–Kier alpha value is -1.82. The molecular formula is C12H15NO4S. The van der Waals surface area contributed by atoms with Crippen LogP contribution in [0.4, 0.5) is 5.69 Å². The van der Waals surface area contributed by atoms with Crippen LogP contribution in [0.1, 0.15) is 18.9 Å². The molecule has 0 unspecified atom stereocenters. The van der Waals surface area contributed by atoms with E-state index >= 15 is 0 Å². The molecule has 0 fully saturated rings. The minimum Gasteiger partial charge on any atom is -0.478 e. The number of anilines is 1. The molecule has 2 N–H and O–H groups in total. The molecule has 0 aliphatic rings. The molecule has 1 aromatic rings. The minimum absolute atomic E-state index is 0.0577. The van der Waals surface area contributed by atoms with E-state index in [9.17, 15) is 13.2 Å². The summed E-state index contributed by atoms with van der Waals surface area (Å²) in [5, 5.41) is 8.50. The third-order valence-corrected chi connectivity index (χ3v) is 3.54. The number of nitrogens with one attached hydrogen (secondary N) is 1. The van der Waals surface area contributed by atoms with Gasteiger partial charge in [0.15, 0.2) is 0 Å². The number of aliphatic carboxylic acids is 1. The summed E-state index contributed by atoms with van der Waals surface area (Å²) in [4.78, 5) is 10.4. The topological polar surface area (TPSA) is 83.5 Å². The maximum absolute atomic E-state index is 11.6. The molecule has 1 rings (SSSR count). The second-order valence-electron chi connectivity index (χ2n) is 3.72. The summed E-state index contributed by atoms with van der Waals surface area (Å²) in [7, 11) is -3.32. The molecule has 0 spiro atoms. The van der Waals surface area contributed by atoms with Gasteiger partial charge >= 0.3 is 5.97 Å². The number of sulfonamides is 1. The van der Waals surface area contributed by atoms with Gasteiger partial charge in [-0.2, -0.15) is 0 Å². The average molecular weight is 269 g/mol. The highest BCUT2D eigenvalue weighted by atomic mass is 32.2. The second-order valence-corrected chi connectivity index (χ2v) is 5.56. The highest BCUT2D eigenvalue weighted by Gasteiger charge is 2.08. The molecule has 0 bridgehead atoms. The zero-order chi connectivity index (χ0) is 13.6. The zero-order valence-electron chi connectivity index (χ0n) is 9.96. The van der Waals surface area contributed by atoms with Crippen LogP contribution in [0.25, 0.3) is 6.08 Å². The number of hydrogen-bond acceptors (Lipinski definition) is 3. The Morgan fingerprint density at radius 3 is 2.78 bits per heavy atom. The van der Waals surface area contributed by atoms with Crippen LogP contribution in [0, 0.1) is 0 Å². The van der Waals surface area contributed by atoms with Crippen LogP contribution < -0.4 is 4.72 Å². The first-order chi connectivity index (χ1) is 8.43. The van der Waals surface area contributed by atoms with Crippen molar-refractivity contribution in [2.75, 3.05) is 10.5 Å². The second kappa shape index (κ2) is 6.20. The van der Waals surface area contributed by atoms with Crippen LogP contribution in [-0.2, 0) is 14.8 Å². The fraction of sp³-hybridized carbons (Fsp3) is 0.250. The molecule has 0 heterocycles. The van der Waals surface area contributed by atoms with E-state index in [1.165, 1.54) is 6.08 Å². The Balaban J connectivity index is 2.86. The summed E-state index contributed by atoms with van der Waals surface area (Å²) in [6.07, 6.45) is 2.94. The van der Waals surface area contributed by atoms with Gasteiger partial charge in [-0.15, -0.1) is 0 Å². The van der Waals surface area contributed by atoms with Crippen molar-refractivity contribution in [1.82, 2.24) is 0 Å². The summed E-state index contributed by atoms with van der Waals surface area (Å²) in [5.74, 6) is -0.991. The number of benzene rings is 1. The minimum atomic E-state index is -3.32. The van der Waals surface area contributed by atoms with Gasteiger partial charge in [-0.3, -0.25) is 4.72 Å². The third kappa shape index (κ3) is 5.01. The van der Waals surface area contributed by atoms with Crippen LogP contribution >= 0.6 is 0 Å². The van der Waals surface area contributed by atoms with E-state index in [1.54, 1.807) is 31.2 Å². The van der Waals surface area contributed by atoms with Crippen molar-refractivity contribution in [3.8, 4) is 0 Å². The van der Waals surface area contributed by atoms with E-state index in [0.717, 1.165) is 6.08 Å². The van der Waals surface area contributed by atoms with E-state index in [1.807, 2.05) is 0 Å². The van der Waals surface area contributed by atoms with Crippen LogP contribution in [-0.4, -0.2) is 25.2 Å². The monoisotopic (exact) mass is 269 g/mol. The fourth-order valence-electron chi connectivity index (χ4n) is 1.37. The quantitative estimate of drug-likeness (QED) is 0.773. The normalized spacial score (nSPS) is 11.6. The summed E-state index contributed by atoms with van der Waals surface area (Å²) in [5.41, 5.74) is 1.05. The van der Waals surface area contributed by atoms with Crippen LogP contribution in [0.2, 0.25) is 0 Å². The van der Waals surface area contributed by atoms with E-state index in [0.29, 0.717) is 17.7 Å². The fourth-order valence-corrected chi connectivity index (χ4v) is 2.50. The lowest BCUT2D eigenvalue weighted by molar-refractivity contribution is -0.131. The average Bonchev–Trinajstić information content (AvgIpc) is 2.26. The van der Waals surface area contributed by atoms with Crippen molar-refractivity contribution in [3.05, 3.63) is 35.9 Å². The Labute approximate surface area is 106 Å². The first-order valence-corrected chi connectivity index (χ1v) is 7.10. The van der Waals surface area contributed by atoms with Gasteiger partial charge in [0, 0.05) is 11.8 Å². The highest BCUT2D eigenvalue weighted by molar-refractivity contribution is 7.92. The van der Waals surface area contributed by atoms with Gasteiger partial charge in [-0.1, -0.05) is 19.1 Å². The van der Waals surface area contributed by atoms with Gasteiger partial charge in [-0.25, -0.2) is 13.2 Å². The summed E-state index contributed by atoms with van der Waals surface area (Å²) in [6, 6.07) is 6.54. The van der Waals surface area contributed by atoms with Crippen LogP contribution in [0.5, 0.6) is 0 Å². The molecule has 0 amide bonds. The highest BCUT2D eigenvalue weighted by Crippen LogP contribution is 2.14. The van der Waals surface area contributed by atoms with E-state index in [-0.39, 0.29) is 5.75 Å². The number of carboxylic acid groups (broad SMARTS) is 1. The molecule has 18 heavy (non-hydrogen) atoms. The molecule has 5 nitrogen and oxygen atoms in total. The van der Waals surface area contributed by atoms with Gasteiger partial charge in [-0.05, 0) is 30.2 Å². The molecule has 0 aromatic heterocycles. The van der Waals surface area contributed by atoms with Gasteiger partial charge in [0.25, 0.3) is 0 Å². The van der Waals surface area contributed by atoms with Crippen LogP contribution in [0.15, 0.2) is 30.3 Å². The summed E-state index contributed by atoms with van der Waals surface area (Å²) in [6.45, 7) is 1.78. The lowest BCUT2D eigenvalue weighted by Crippen LogP contribution is -2.16. The first kappa shape index (κ1) is 14.2. The standard InChI is InChI=1S/C12H15NO4S/c1-2-8-18(16,17)13-11-5-3-4-10(9-11)6-7-12(14)15/h3-7,9,13H,2,8H2,1H3,(H,14,15). The molecule has 1 aromatic carbocycles. The Kier molecular flexibility index (Phi) is 4.91. The van der Waals surface area contributed by atoms with E-state index in [2.05, 4.69) is 4.72 Å². The Bertz CT molecular complexity index is 549. The number of carboxylic acids is 1. The Morgan fingerprint density at radius 1 is 1.44 bits per heavy atom. The van der Waals surface area contributed by atoms with E-state index in [4.69, 9.17) is 5.11 Å². The predicted molar refractivity (Wildman–Crippen MR) is 70.8 cm³/mol. The van der Waals surface area contributed by atoms with Crippen molar-refractivity contribution in [2.24, 2.45) is 0 Å². The number of rotatable bonds is 6. The predicted octanol–water partition coefficient (Wildman–Crippen LogP) is 1.94. The third-order valence-electron chi connectivity index (χ3n) is 2.05. The first-order valence-electron chi connectivity index (χ1n) is 5.44.